The number of sulfonamides is 1. The Balaban J connectivity index is 1.76. The molecular weight excluding hydrogens is 466 g/mol. The highest BCUT2D eigenvalue weighted by atomic mass is 32.2. The Bertz CT molecular complexity index is 1230. The van der Waals surface area contributed by atoms with E-state index in [0.717, 1.165) is 24.0 Å². The topological polar surface area (TPSA) is 111 Å². The van der Waals surface area contributed by atoms with E-state index in [1.807, 2.05) is 6.92 Å². The van der Waals surface area contributed by atoms with Crippen LogP contribution in [0.3, 0.4) is 0 Å². The van der Waals surface area contributed by atoms with Gasteiger partial charge in [0.2, 0.25) is 15.9 Å². The lowest BCUT2D eigenvalue weighted by Crippen LogP contribution is -2.50. The number of carbonyl (C=O) groups excluding carboxylic acids is 1. The number of carbonyl (C=O) groups is 1. The first-order valence-corrected chi connectivity index (χ1v) is 13.3. The molecular formula is C26H31N3O5S. The average Bonchev–Trinajstić information content (AvgIpc) is 3.70. The summed E-state index contributed by atoms with van der Waals surface area (Å²) in [6.07, 6.45) is 1.36. The number of likely N-dealkylation sites (N-methyl/N-ethyl adjacent to an activating group) is 1. The molecule has 1 heterocycles. The number of rotatable bonds is 6. The minimum Gasteiger partial charge on any atom is -0.487 e. The highest BCUT2D eigenvalue weighted by Gasteiger charge is 2.39. The average molecular weight is 498 g/mol. The molecule has 2 aliphatic rings. The molecule has 1 saturated carbocycles. The first-order chi connectivity index (χ1) is 16.6. The third-order valence-electron chi connectivity index (χ3n) is 6.77. The number of benzene rings is 2. The molecule has 8 nitrogen and oxygen atoms in total. The molecule has 1 amide bonds. The standard InChI is InChI=1S/C26H31N3O5S/c1-17-14-29(18(2)16-30)35(32,33)25-11-10-22(20-6-4-19(13-27)5-7-20)12-23(25)34-24(17)15-28(3)26(31)21-8-9-21/h4-7,10-12,17-18,21,24,30H,8-9,14-16H2,1-3H3/t17-,18-,24+/m0/s1. The van der Waals surface area contributed by atoms with Crippen LogP contribution in [-0.4, -0.2) is 67.5 Å². The van der Waals surface area contributed by atoms with Gasteiger partial charge in [-0.05, 0) is 55.2 Å². The van der Waals surface area contributed by atoms with Crippen LogP contribution in [0.5, 0.6) is 5.75 Å². The SMILES string of the molecule is C[C@H]1CN([C@@H](C)CO)S(=O)(=O)c2ccc(-c3ccc(C#N)cc3)cc2O[C@@H]1CN(C)C(=O)C1CC1. The zero-order chi connectivity index (χ0) is 25.3. The molecule has 1 aliphatic heterocycles. The molecule has 3 atom stereocenters. The molecule has 2 aromatic rings. The van der Waals surface area contributed by atoms with Crippen LogP contribution in [0, 0.1) is 23.2 Å². The number of hydrogen-bond donors (Lipinski definition) is 1. The number of ether oxygens (including phenoxy) is 1. The van der Waals surface area contributed by atoms with Crippen LogP contribution in [0.15, 0.2) is 47.4 Å². The molecule has 9 heteroatoms. The monoisotopic (exact) mass is 497 g/mol. The van der Waals surface area contributed by atoms with Crippen LogP contribution in [0.4, 0.5) is 0 Å². The van der Waals surface area contributed by atoms with E-state index < -0.39 is 22.2 Å². The van der Waals surface area contributed by atoms with Crippen LogP contribution < -0.4 is 4.74 Å². The maximum absolute atomic E-state index is 13.6. The maximum Gasteiger partial charge on any atom is 0.247 e. The number of nitrogens with zero attached hydrogens (tertiary/aromatic N) is 3. The molecule has 0 saturated heterocycles. The molecule has 0 bridgehead atoms. The lowest BCUT2D eigenvalue weighted by atomic mass is 10.0. The van der Waals surface area contributed by atoms with Gasteiger partial charge >= 0.3 is 0 Å². The highest BCUT2D eigenvalue weighted by molar-refractivity contribution is 7.89. The lowest BCUT2D eigenvalue weighted by molar-refractivity contribution is -0.132. The van der Waals surface area contributed by atoms with Gasteiger partial charge in [0, 0.05) is 31.5 Å². The van der Waals surface area contributed by atoms with Crippen LogP contribution in [0.25, 0.3) is 11.1 Å². The summed E-state index contributed by atoms with van der Waals surface area (Å²) in [6.45, 7) is 3.77. The second kappa shape index (κ2) is 9.97. The summed E-state index contributed by atoms with van der Waals surface area (Å²) in [5.74, 6) is 0.138. The summed E-state index contributed by atoms with van der Waals surface area (Å²) in [7, 11) is -2.19. The minimum atomic E-state index is -3.94. The van der Waals surface area contributed by atoms with Crippen LogP contribution in [0.2, 0.25) is 0 Å². The van der Waals surface area contributed by atoms with Crippen molar-refractivity contribution < 1.29 is 23.1 Å². The van der Waals surface area contributed by atoms with E-state index in [1.54, 1.807) is 55.3 Å². The van der Waals surface area contributed by atoms with E-state index in [-0.39, 0.29) is 41.5 Å². The van der Waals surface area contributed by atoms with Gasteiger partial charge in [-0.25, -0.2) is 8.42 Å². The Hall–Kier alpha value is -2.93. The van der Waals surface area contributed by atoms with Crippen molar-refractivity contribution in [3.05, 3.63) is 48.0 Å². The first-order valence-electron chi connectivity index (χ1n) is 11.8. The fraction of sp³-hybridized carbons (Fsp3) is 0.462. The fourth-order valence-corrected chi connectivity index (χ4v) is 6.19. The van der Waals surface area contributed by atoms with Gasteiger partial charge in [0.25, 0.3) is 0 Å². The summed E-state index contributed by atoms with van der Waals surface area (Å²) in [6, 6.07) is 13.4. The second-order valence-electron chi connectivity index (χ2n) is 9.58. The Morgan fingerprint density at radius 1 is 1.23 bits per heavy atom. The van der Waals surface area contributed by atoms with Crippen LogP contribution in [-0.2, 0) is 14.8 Å². The summed E-state index contributed by atoms with van der Waals surface area (Å²) >= 11 is 0. The number of aliphatic hydroxyl groups is 1. The van der Waals surface area contributed by atoms with Crippen molar-refractivity contribution in [2.45, 2.75) is 43.7 Å². The quantitative estimate of drug-likeness (QED) is 0.657. The summed E-state index contributed by atoms with van der Waals surface area (Å²) in [4.78, 5) is 14.3. The molecule has 4 rings (SSSR count). The van der Waals surface area contributed by atoms with Crippen molar-refractivity contribution in [2.75, 3.05) is 26.7 Å². The van der Waals surface area contributed by atoms with Gasteiger partial charge in [-0.2, -0.15) is 9.57 Å². The Labute approximate surface area is 206 Å². The Kier molecular flexibility index (Phi) is 7.17. The lowest BCUT2D eigenvalue weighted by Gasteiger charge is -2.37. The van der Waals surface area contributed by atoms with Crippen molar-refractivity contribution in [1.82, 2.24) is 9.21 Å². The Morgan fingerprint density at radius 2 is 1.89 bits per heavy atom. The molecule has 0 radical (unpaired) electrons. The number of nitriles is 1. The smallest absolute Gasteiger partial charge is 0.247 e. The normalized spacial score (nSPS) is 22.6. The number of aliphatic hydroxyl groups excluding tert-OH is 1. The minimum absolute atomic E-state index is 0.0308. The van der Waals surface area contributed by atoms with Crippen molar-refractivity contribution in [2.24, 2.45) is 11.8 Å². The highest BCUT2D eigenvalue weighted by Crippen LogP contribution is 2.37. The van der Waals surface area contributed by atoms with Gasteiger partial charge in [0.05, 0.1) is 24.8 Å². The maximum atomic E-state index is 13.6. The van der Waals surface area contributed by atoms with E-state index in [2.05, 4.69) is 6.07 Å². The molecule has 0 aromatic heterocycles. The van der Waals surface area contributed by atoms with E-state index >= 15 is 0 Å². The molecule has 2 aromatic carbocycles. The predicted octanol–water partition coefficient (Wildman–Crippen LogP) is 2.86. The first kappa shape index (κ1) is 25.2. The van der Waals surface area contributed by atoms with Gasteiger partial charge in [-0.1, -0.05) is 25.1 Å². The van der Waals surface area contributed by atoms with Crippen molar-refractivity contribution in [3.63, 3.8) is 0 Å². The number of fused-ring (bicyclic) bond motifs is 1. The summed E-state index contributed by atoms with van der Waals surface area (Å²) in [5, 5.41) is 18.9. The molecule has 0 spiro atoms. The summed E-state index contributed by atoms with van der Waals surface area (Å²) in [5.41, 5.74) is 2.10. The fourth-order valence-electron chi connectivity index (χ4n) is 4.36. The predicted molar refractivity (Wildman–Crippen MR) is 131 cm³/mol. The van der Waals surface area contributed by atoms with Gasteiger partial charge in [0.15, 0.2) is 0 Å². The molecule has 186 valence electrons. The molecule has 0 unspecified atom stereocenters. The number of amides is 1. The Morgan fingerprint density at radius 3 is 2.49 bits per heavy atom. The van der Waals surface area contributed by atoms with E-state index in [9.17, 15) is 18.3 Å². The third kappa shape index (κ3) is 5.20. The van der Waals surface area contributed by atoms with Crippen LogP contribution >= 0.6 is 0 Å². The van der Waals surface area contributed by atoms with Crippen molar-refractivity contribution >= 4 is 15.9 Å². The van der Waals surface area contributed by atoms with Crippen molar-refractivity contribution in [3.8, 4) is 22.9 Å². The summed E-state index contributed by atoms with van der Waals surface area (Å²) < 4.78 is 34.9. The molecule has 1 fully saturated rings. The number of hydrogen-bond acceptors (Lipinski definition) is 6. The largest absolute Gasteiger partial charge is 0.487 e. The molecule has 1 aliphatic carbocycles. The van der Waals surface area contributed by atoms with Gasteiger partial charge in [-0.15, -0.1) is 0 Å². The molecule has 35 heavy (non-hydrogen) atoms. The second-order valence-corrected chi connectivity index (χ2v) is 11.4. The van der Waals surface area contributed by atoms with Gasteiger partial charge < -0.3 is 14.7 Å². The van der Waals surface area contributed by atoms with E-state index in [1.165, 1.54) is 10.4 Å². The van der Waals surface area contributed by atoms with Crippen LogP contribution in [0.1, 0.15) is 32.3 Å². The molecule has 1 N–H and O–H groups in total. The zero-order valence-corrected chi connectivity index (χ0v) is 21.0. The van der Waals surface area contributed by atoms with E-state index in [0.29, 0.717) is 12.1 Å². The van der Waals surface area contributed by atoms with Gasteiger partial charge in [0.1, 0.15) is 16.7 Å². The van der Waals surface area contributed by atoms with Gasteiger partial charge in [-0.3, -0.25) is 4.79 Å². The van der Waals surface area contributed by atoms with Crippen molar-refractivity contribution in [1.29, 1.82) is 5.26 Å². The zero-order valence-electron chi connectivity index (χ0n) is 20.2. The third-order valence-corrected chi connectivity index (χ3v) is 8.79. The van der Waals surface area contributed by atoms with E-state index in [4.69, 9.17) is 10.00 Å².